The molecule has 0 aromatic heterocycles. The topological polar surface area (TPSA) is 38.8 Å². The zero-order valence-electron chi connectivity index (χ0n) is 10.8. The highest BCUT2D eigenvalue weighted by molar-refractivity contribution is 5.76. The Bertz CT molecular complexity index is 377. The van der Waals surface area contributed by atoms with E-state index in [2.05, 4.69) is 13.8 Å². The zero-order chi connectivity index (χ0) is 12.8. The van der Waals surface area contributed by atoms with Crippen molar-refractivity contribution < 1.29 is 14.4 Å². The number of nitrogens with zero attached hydrogens (tertiary/aromatic N) is 1. The van der Waals surface area contributed by atoms with Gasteiger partial charge in [0.25, 0.3) is 5.91 Å². The van der Waals surface area contributed by atoms with E-state index in [1.807, 2.05) is 24.3 Å². The summed E-state index contributed by atoms with van der Waals surface area (Å²) in [5, 5.41) is 1.15. The van der Waals surface area contributed by atoms with Crippen LogP contribution >= 0.6 is 0 Å². The average molecular weight is 237 g/mol. The maximum Gasteiger partial charge on any atom is 0.283 e. The lowest BCUT2D eigenvalue weighted by molar-refractivity contribution is -0.170. The number of likely N-dealkylation sites (N-methyl/N-ethyl adjacent to an activating group) is 1. The van der Waals surface area contributed by atoms with Crippen molar-refractivity contribution in [3.05, 3.63) is 29.8 Å². The Hall–Kier alpha value is -1.55. The Morgan fingerprint density at radius 1 is 1.35 bits per heavy atom. The Balaban J connectivity index is 2.66. The van der Waals surface area contributed by atoms with Crippen LogP contribution in [0.2, 0.25) is 0 Å². The number of hydroxylamine groups is 2. The molecule has 0 saturated heterocycles. The number of carbonyl (C=O) groups excluding carboxylic acids is 1. The molecule has 17 heavy (non-hydrogen) atoms. The smallest absolute Gasteiger partial charge is 0.283 e. The number of ether oxygens (including phenoxy) is 1. The molecule has 4 nitrogen and oxygen atoms in total. The molecule has 1 aromatic carbocycles. The van der Waals surface area contributed by atoms with Crippen molar-refractivity contribution in [3.8, 4) is 5.75 Å². The van der Waals surface area contributed by atoms with Crippen molar-refractivity contribution in [1.29, 1.82) is 0 Å². The molecule has 4 heteroatoms. The predicted octanol–water partition coefficient (Wildman–Crippen LogP) is 2.21. The van der Waals surface area contributed by atoms with Gasteiger partial charge in [-0.05, 0) is 17.5 Å². The van der Waals surface area contributed by atoms with E-state index < -0.39 is 0 Å². The van der Waals surface area contributed by atoms with E-state index in [0.29, 0.717) is 5.92 Å². The van der Waals surface area contributed by atoms with E-state index in [-0.39, 0.29) is 12.5 Å². The summed E-state index contributed by atoms with van der Waals surface area (Å²) >= 11 is 0. The second-order valence-corrected chi connectivity index (χ2v) is 4.05. The molecule has 0 bridgehead atoms. The van der Waals surface area contributed by atoms with Gasteiger partial charge in [0, 0.05) is 7.05 Å². The Morgan fingerprint density at radius 2 is 2.00 bits per heavy atom. The van der Waals surface area contributed by atoms with E-state index in [0.717, 1.165) is 16.4 Å². The molecule has 0 fully saturated rings. The lowest BCUT2D eigenvalue weighted by Gasteiger charge is -2.16. The van der Waals surface area contributed by atoms with E-state index in [1.165, 1.54) is 7.11 Å². The van der Waals surface area contributed by atoms with Gasteiger partial charge < -0.3 is 4.74 Å². The fourth-order valence-corrected chi connectivity index (χ4v) is 1.42. The summed E-state index contributed by atoms with van der Waals surface area (Å²) < 4.78 is 5.51. The summed E-state index contributed by atoms with van der Waals surface area (Å²) in [6, 6.07) is 7.73. The summed E-state index contributed by atoms with van der Waals surface area (Å²) in [7, 11) is 3.00. The van der Waals surface area contributed by atoms with Crippen LogP contribution in [0, 0.1) is 0 Å². The van der Waals surface area contributed by atoms with E-state index in [1.54, 1.807) is 7.05 Å². The zero-order valence-corrected chi connectivity index (χ0v) is 10.8. The van der Waals surface area contributed by atoms with Gasteiger partial charge in [-0.2, -0.15) is 0 Å². The highest BCUT2D eigenvalue weighted by Gasteiger charge is 2.11. The number of hydrogen-bond acceptors (Lipinski definition) is 3. The van der Waals surface area contributed by atoms with Crippen molar-refractivity contribution in [2.24, 2.45) is 0 Å². The first-order chi connectivity index (χ1) is 8.06. The summed E-state index contributed by atoms with van der Waals surface area (Å²) in [4.78, 5) is 16.3. The average Bonchev–Trinajstić information content (AvgIpc) is 2.35. The molecule has 0 radical (unpaired) electrons. The van der Waals surface area contributed by atoms with Crippen LogP contribution in [-0.2, 0) is 9.63 Å². The number of para-hydroxylation sites is 1. The summed E-state index contributed by atoms with van der Waals surface area (Å²) in [6.07, 6.45) is 0. The molecule has 1 amide bonds. The first-order valence-electron chi connectivity index (χ1n) is 5.58. The van der Waals surface area contributed by atoms with E-state index >= 15 is 0 Å². The summed E-state index contributed by atoms with van der Waals surface area (Å²) in [6.45, 7) is 4.16. The van der Waals surface area contributed by atoms with Crippen LogP contribution in [0.1, 0.15) is 25.3 Å². The molecule has 0 unspecified atom stereocenters. The predicted molar refractivity (Wildman–Crippen MR) is 65.8 cm³/mol. The normalized spacial score (nSPS) is 10.4. The lowest BCUT2D eigenvalue weighted by Crippen LogP contribution is -2.30. The molecule has 94 valence electrons. The van der Waals surface area contributed by atoms with Crippen LogP contribution < -0.4 is 4.74 Å². The fourth-order valence-electron chi connectivity index (χ4n) is 1.42. The maximum absolute atomic E-state index is 11.5. The van der Waals surface area contributed by atoms with Crippen LogP contribution in [0.15, 0.2) is 24.3 Å². The van der Waals surface area contributed by atoms with Crippen LogP contribution in [0.4, 0.5) is 0 Å². The monoisotopic (exact) mass is 237 g/mol. The number of hydrogen-bond donors (Lipinski definition) is 0. The SMILES string of the molecule is CON(C)C(=O)COc1ccccc1C(C)C. The first-order valence-corrected chi connectivity index (χ1v) is 5.58. The van der Waals surface area contributed by atoms with E-state index in [4.69, 9.17) is 9.57 Å². The van der Waals surface area contributed by atoms with Gasteiger partial charge in [0.1, 0.15) is 5.75 Å². The first kappa shape index (κ1) is 13.5. The van der Waals surface area contributed by atoms with Gasteiger partial charge in [0.05, 0.1) is 7.11 Å². The molecule has 0 aliphatic rings. The quantitative estimate of drug-likeness (QED) is 0.737. The molecule has 0 aliphatic heterocycles. The van der Waals surface area contributed by atoms with Gasteiger partial charge in [-0.15, -0.1) is 0 Å². The van der Waals surface area contributed by atoms with Crippen molar-refractivity contribution in [1.82, 2.24) is 5.06 Å². The number of amides is 1. The number of carbonyl (C=O) groups is 1. The highest BCUT2D eigenvalue weighted by Crippen LogP contribution is 2.25. The van der Waals surface area contributed by atoms with Gasteiger partial charge in [-0.25, -0.2) is 5.06 Å². The number of rotatable bonds is 5. The van der Waals surface area contributed by atoms with Gasteiger partial charge >= 0.3 is 0 Å². The van der Waals surface area contributed by atoms with Crippen LogP contribution in [0.5, 0.6) is 5.75 Å². The van der Waals surface area contributed by atoms with Gasteiger partial charge in [-0.1, -0.05) is 32.0 Å². The maximum atomic E-state index is 11.5. The Morgan fingerprint density at radius 3 is 2.59 bits per heavy atom. The molecule has 0 saturated carbocycles. The lowest BCUT2D eigenvalue weighted by atomic mass is 10.0. The third-order valence-electron chi connectivity index (χ3n) is 2.52. The molecule has 0 N–H and O–H groups in total. The second kappa shape index (κ2) is 6.25. The summed E-state index contributed by atoms with van der Waals surface area (Å²) in [5.74, 6) is 0.896. The molecule has 1 aromatic rings. The van der Waals surface area contributed by atoms with Crippen LogP contribution in [0.3, 0.4) is 0 Å². The summed E-state index contributed by atoms with van der Waals surface area (Å²) in [5.41, 5.74) is 1.10. The van der Waals surface area contributed by atoms with Gasteiger partial charge in [-0.3, -0.25) is 9.63 Å². The van der Waals surface area contributed by atoms with Gasteiger partial charge in [0.2, 0.25) is 0 Å². The van der Waals surface area contributed by atoms with Crippen molar-refractivity contribution >= 4 is 5.91 Å². The van der Waals surface area contributed by atoms with Gasteiger partial charge in [0.15, 0.2) is 6.61 Å². The van der Waals surface area contributed by atoms with Crippen molar-refractivity contribution in [2.45, 2.75) is 19.8 Å². The highest BCUT2D eigenvalue weighted by atomic mass is 16.7. The molecule has 0 atom stereocenters. The van der Waals surface area contributed by atoms with E-state index in [9.17, 15) is 4.79 Å². The molecular formula is C13H19NO3. The van der Waals surface area contributed by atoms with Crippen LogP contribution in [-0.4, -0.2) is 31.7 Å². The minimum absolute atomic E-state index is 0.0198. The Kier molecular flexibility index (Phi) is 4.97. The molecule has 1 rings (SSSR count). The largest absolute Gasteiger partial charge is 0.483 e. The molecular weight excluding hydrogens is 218 g/mol. The standard InChI is InChI=1S/C13H19NO3/c1-10(2)11-7-5-6-8-12(11)17-9-13(15)14(3)16-4/h5-8,10H,9H2,1-4H3. The Labute approximate surface area is 102 Å². The number of benzene rings is 1. The van der Waals surface area contributed by atoms with Crippen molar-refractivity contribution in [2.75, 3.05) is 20.8 Å². The second-order valence-electron chi connectivity index (χ2n) is 4.05. The molecule has 0 aliphatic carbocycles. The molecule has 0 heterocycles. The minimum atomic E-state index is -0.217. The van der Waals surface area contributed by atoms with Crippen LogP contribution in [0.25, 0.3) is 0 Å². The fraction of sp³-hybridized carbons (Fsp3) is 0.462. The third kappa shape index (κ3) is 3.75. The minimum Gasteiger partial charge on any atom is -0.483 e. The third-order valence-corrected chi connectivity index (χ3v) is 2.52. The van der Waals surface area contributed by atoms with Crippen molar-refractivity contribution in [3.63, 3.8) is 0 Å². The molecule has 0 spiro atoms.